The Kier molecular flexibility index (Phi) is 10.4. The number of amides is 1. The number of anilines is 1. The zero-order valence-electron chi connectivity index (χ0n) is 23.3. The number of nitrogens with one attached hydrogen (secondary N) is 1. The molecule has 2 aromatic heterocycles. The number of para-hydroxylation sites is 1. The summed E-state index contributed by atoms with van der Waals surface area (Å²) in [5.41, 5.74) is 3.70. The molecular formula is C31H30N8O3. The van der Waals surface area contributed by atoms with Crippen LogP contribution in [0.25, 0.3) is 11.3 Å². The minimum Gasteiger partial charge on any atom is -0.484 e. The molecule has 2 aromatic carbocycles. The number of hydrogen-bond acceptors (Lipinski definition) is 10. The zero-order valence-corrected chi connectivity index (χ0v) is 23.3. The van der Waals surface area contributed by atoms with Crippen LogP contribution in [0.5, 0.6) is 5.75 Å². The number of hydrazone groups is 1. The van der Waals surface area contributed by atoms with Crippen LogP contribution in [0.3, 0.4) is 0 Å². The van der Waals surface area contributed by atoms with Gasteiger partial charge in [-0.25, -0.2) is 9.97 Å². The summed E-state index contributed by atoms with van der Waals surface area (Å²) >= 11 is 0. The van der Waals surface area contributed by atoms with E-state index in [2.05, 4.69) is 36.4 Å². The lowest BCUT2D eigenvalue weighted by atomic mass is 10.1. The first-order valence-corrected chi connectivity index (χ1v) is 13.2. The molecule has 0 radical (unpaired) electrons. The smallest absolute Gasteiger partial charge is 0.264 e. The van der Waals surface area contributed by atoms with Gasteiger partial charge in [0.2, 0.25) is 5.95 Å². The fraction of sp³-hybridized carbons (Fsp3) is 0.194. The summed E-state index contributed by atoms with van der Waals surface area (Å²) in [6.07, 6.45) is 2.19. The molecule has 0 aliphatic carbocycles. The second-order valence-electron chi connectivity index (χ2n) is 8.98. The van der Waals surface area contributed by atoms with Crippen molar-refractivity contribution in [3.05, 3.63) is 102 Å². The van der Waals surface area contributed by atoms with Gasteiger partial charge in [-0.2, -0.15) is 10.4 Å². The van der Waals surface area contributed by atoms with Crippen LogP contribution in [0.2, 0.25) is 0 Å². The number of hydrogen-bond donors (Lipinski definition) is 2. The van der Waals surface area contributed by atoms with Gasteiger partial charge in [-0.3, -0.25) is 20.1 Å². The number of carbonyl (C=O) groups excluding carboxylic acids is 1. The minimum atomic E-state index is -0.458. The number of ether oxygens (including phenoxy) is 2. The van der Waals surface area contributed by atoms with Gasteiger partial charge in [0, 0.05) is 12.7 Å². The molecule has 212 valence electrons. The second-order valence-corrected chi connectivity index (χ2v) is 8.98. The molecule has 11 nitrogen and oxygen atoms in total. The highest BCUT2D eigenvalue weighted by Gasteiger charge is 2.14. The van der Waals surface area contributed by atoms with Crippen molar-refractivity contribution in [2.24, 2.45) is 15.9 Å². The maximum Gasteiger partial charge on any atom is 0.264 e. The Balaban J connectivity index is 1.58. The van der Waals surface area contributed by atoms with Crippen molar-refractivity contribution in [3.8, 4) is 23.1 Å². The fourth-order valence-corrected chi connectivity index (χ4v) is 4.01. The lowest BCUT2D eigenvalue weighted by molar-refractivity contribution is -0.118. The lowest BCUT2D eigenvalue weighted by Crippen LogP contribution is -2.22. The molecule has 42 heavy (non-hydrogen) atoms. The topological polar surface area (TPSA) is 161 Å². The molecule has 0 saturated carbocycles. The Morgan fingerprint density at radius 1 is 1.07 bits per heavy atom. The maximum absolute atomic E-state index is 12.7. The highest BCUT2D eigenvalue weighted by atomic mass is 16.5. The van der Waals surface area contributed by atoms with E-state index in [1.54, 1.807) is 49.6 Å². The number of methoxy groups -OCH3 is 1. The first kappa shape index (κ1) is 29.5. The molecule has 11 heteroatoms. The molecule has 0 aliphatic rings. The standard InChI is InChI=1S/C31H30N8O3/c1-3-29(41-2)25-14-8-11-23(35-25)18-34-19-28(39-33)27-16-26(22-10-7-9-21(15-22)17-32)36-31(37-27)38-30(40)20-42-24-12-5-4-6-13-24/h4-16,19,29H,3,18,20,33H2,1-2H3,(H,36,37,38,40). The predicted molar refractivity (Wildman–Crippen MR) is 160 cm³/mol. The van der Waals surface area contributed by atoms with E-state index in [1.165, 1.54) is 6.21 Å². The van der Waals surface area contributed by atoms with E-state index in [-0.39, 0.29) is 30.9 Å². The number of aromatic nitrogens is 3. The summed E-state index contributed by atoms with van der Waals surface area (Å²) in [4.78, 5) is 30.7. The summed E-state index contributed by atoms with van der Waals surface area (Å²) in [5, 5.41) is 15.9. The first-order valence-electron chi connectivity index (χ1n) is 13.2. The number of aliphatic imine (C=N–C) groups is 1. The molecule has 1 unspecified atom stereocenters. The highest BCUT2D eigenvalue weighted by molar-refractivity contribution is 6.37. The van der Waals surface area contributed by atoms with Crippen LogP contribution in [0.4, 0.5) is 5.95 Å². The van der Waals surface area contributed by atoms with Crippen LogP contribution in [-0.4, -0.2) is 46.5 Å². The van der Waals surface area contributed by atoms with Crippen LogP contribution < -0.4 is 15.9 Å². The van der Waals surface area contributed by atoms with Crippen molar-refractivity contribution in [2.45, 2.75) is 26.0 Å². The van der Waals surface area contributed by atoms with E-state index in [1.807, 2.05) is 43.3 Å². The Morgan fingerprint density at radius 3 is 2.62 bits per heavy atom. The third-order valence-corrected chi connectivity index (χ3v) is 6.06. The van der Waals surface area contributed by atoms with E-state index in [4.69, 9.17) is 15.3 Å². The summed E-state index contributed by atoms with van der Waals surface area (Å²) in [6, 6.07) is 25.4. The molecule has 1 amide bonds. The first-order chi connectivity index (χ1) is 20.5. The molecular weight excluding hydrogens is 532 g/mol. The van der Waals surface area contributed by atoms with Crippen LogP contribution in [0.1, 0.15) is 42.1 Å². The molecule has 2 heterocycles. The monoisotopic (exact) mass is 562 g/mol. The van der Waals surface area contributed by atoms with Crippen molar-refractivity contribution in [1.82, 2.24) is 15.0 Å². The van der Waals surface area contributed by atoms with E-state index in [0.29, 0.717) is 28.3 Å². The molecule has 4 aromatic rings. The maximum atomic E-state index is 12.7. The van der Waals surface area contributed by atoms with Gasteiger partial charge in [0.05, 0.1) is 53.3 Å². The van der Waals surface area contributed by atoms with Gasteiger partial charge in [-0.05, 0) is 48.9 Å². The summed E-state index contributed by atoms with van der Waals surface area (Å²) in [7, 11) is 1.66. The van der Waals surface area contributed by atoms with Gasteiger partial charge in [-0.1, -0.05) is 43.3 Å². The zero-order chi connectivity index (χ0) is 29.7. The molecule has 0 bridgehead atoms. The summed E-state index contributed by atoms with van der Waals surface area (Å²) < 4.78 is 11.0. The van der Waals surface area contributed by atoms with Gasteiger partial charge in [0.15, 0.2) is 6.61 Å². The number of nitrogens with zero attached hydrogens (tertiary/aromatic N) is 6. The fourth-order valence-electron chi connectivity index (χ4n) is 4.01. The van der Waals surface area contributed by atoms with E-state index in [9.17, 15) is 10.1 Å². The average Bonchev–Trinajstić information content (AvgIpc) is 3.03. The molecule has 0 spiro atoms. The lowest BCUT2D eigenvalue weighted by Gasteiger charge is -2.12. The quantitative estimate of drug-likeness (QED) is 0.145. The summed E-state index contributed by atoms with van der Waals surface area (Å²) in [6.45, 7) is 2.06. The van der Waals surface area contributed by atoms with Crippen molar-refractivity contribution in [2.75, 3.05) is 19.0 Å². The van der Waals surface area contributed by atoms with E-state index in [0.717, 1.165) is 17.8 Å². The van der Waals surface area contributed by atoms with Crippen molar-refractivity contribution >= 4 is 23.8 Å². The predicted octanol–water partition coefficient (Wildman–Crippen LogP) is 4.46. The number of rotatable bonds is 12. The third-order valence-electron chi connectivity index (χ3n) is 6.06. The second kappa shape index (κ2) is 14.8. The Hall–Kier alpha value is -5.47. The number of carbonyl (C=O) groups is 1. The average molecular weight is 563 g/mol. The summed E-state index contributed by atoms with van der Waals surface area (Å²) in [5.74, 6) is 5.85. The Bertz CT molecular complexity index is 1610. The largest absolute Gasteiger partial charge is 0.484 e. The van der Waals surface area contributed by atoms with Gasteiger partial charge >= 0.3 is 0 Å². The molecule has 0 fully saturated rings. The van der Waals surface area contributed by atoms with Crippen LogP contribution >= 0.6 is 0 Å². The number of nitriles is 1. The van der Waals surface area contributed by atoms with Crippen molar-refractivity contribution in [3.63, 3.8) is 0 Å². The van der Waals surface area contributed by atoms with Gasteiger partial charge in [0.1, 0.15) is 11.5 Å². The van der Waals surface area contributed by atoms with Crippen LogP contribution in [0.15, 0.2) is 89.0 Å². The van der Waals surface area contributed by atoms with Crippen molar-refractivity contribution in [1.29, 1.82) is 5.26 Å². The Labute approximate surface area is 243 Å². The van der Waals surface area contributed by atoms with E-state index < -0.39 is 5.91 Å². The van der Waals surface area contributed by atoms with Gasteiger partial charge in [0.25, 0.3) is 5.91 Å². The van der Waals surface area contributed by atoms with Gasteiger partial charge < -0.3 is 15.3 Å². The van der Waals surface area contributed by atoms with Crippen LogP contribution in [0, 0.1) is 11.3 Å². The minimum absolute atomic E-state index is 0.0145. The molecule has 4 rings (SSSR count). The molecule has 3 N–H and O–H groups in total. The third kappa shape index (κ3) is 8.03. The van der Waals surface area contributed by atoms with Gasteiger partial charge in [-0.15, -0.1) is 0 Å². The SMILES string of the molecule is CCC(OC)c1cccc(CN=CC(=NN)c2cc(-c3cccc(C#N)c3)nc(NC(=O)COc3ccccc3)n2)n1. The number of pyridine rings is 1. The molecule has 0 aliphatic heterocycles. The van der Waals surface area contributed by atoms with E-state index >= 15 is 0 Å². The van der Waals surface area contributed by atoms with Crippen LogP contribution in [-0.2, 0) is 16.1 Å². The van der Waals surface area contributed by atoms with Crippen molar-refractivity contribution < 1.29 is 14.3 Å². The molecule has 1 atom stereocenters. The molecule has 0 saturated heterocycles. The Morgan fingerprint density at radius 2 is 1.88 bits per heavy atom. The highest BCUT2D eigenvalue weighted by Crippen LogP contribution is 2.22. The number of benzene rings is 2. The normalized spacial score (nSPS) is 12.1. The number of nitrogens with two attached hydrogens (primary N) is 1.